The Hall–Kier alpha value is -1.49. The number of nitro benzene ring substituents is 1. The van der Waals surface area contributed by atoms with Crippen LogP contribution in [0, 0.1) is 10.1 Å². The first kappa shape index (κ1) is 14.9. The highest BCUT2D eigenvalue weighted by Crippen LogP contribution is 2.29. The number of nitrogens with zero attached hydrogens (tertiary/aromatic N) is 1. The Morgan fingerprint density at radius 2 is 1.80 bits per heavy atom. The fraction of sp³-hybridized carbons (Fsp3) is 0.0769. The van der Waals surface area contributed by atoms with Crippen molar-refractivity contribution in [1.82, 2.24) is 0 Å². The molecule has 0 aliphatic carbocycles. The van der Waals surface area contributed by atoms with Crippen LogP contribution in [0.4, 0.5) is 5.69 Å². The number of rotatable bonds is 4. The Bertz CT molecular complexity index is 661. The van der Waals surface area contributed by atoms with Crippen molar-refractivity contribution >= 4 is 40.5 Å². The van der Waals surface area contributed by atoms with E-state index in [1.165, 1.54) is 18.2 Å². The molecule has 0 N–H and O–H groups in total. The van der Waals surface area contributed by atoms with Crippen LogP contribution in [-0.2, 0) is 6.61 Å². The van der Waals surface area contributed by atoms with Gasteiger partial charge in [0.1, 0.15) is 17.4 Å². The number of ether oxygens (including phenoxy) is 1. The van der Waals surface area contributed by atoms with E-state index in [1.54, 1.807) is 18.2 Å². The third-order valence-electron chi connectivity index (χ3n) is 2.53. The van der Waals surface area contributed by atoms with Gasteiger partial charge in [0.05, 0.1) is 4.92 Å². The predicted octanol–water partition coefficient (Wildman–Crippen LogP) is 5.13. The third kappa shape index (κ3) is 3.54. The summed E-state index contributed by atoms with van der Waals surface area (Å²) in [5.41, 5.74) is 0.592. The Morgan fingerprint density at radius 3 is 2.40 bits per heavy atom. The zero-order valence-corrected chi connectivity index (χ0v) is 12.2. The molecule has 0 heterocycles. The van der Waals surface area contributed by atoms with Crippen molar-refractivity contribution in [3.8, 4) is 5.75 Å². The van der Waals surface area contributed by atoms with Crippen molar-refractivity contribution in [3.63, 3.8) is 0 Å². The highest BCUT2D eigenvalue weighted by molar-refractivity contribution is 6.35. The molecule has 2 rings (SSSR count). The van der Waals surface area contributed by atoms with E-state index in [1.807, 2.05) is 0 Å². The molecule has 0 unspecified atom stereocenters. The lowest BCUT2D eigenvalue weighted by Gasteiger charge is -2.08. The summed E-state index contributed by atoms with van der Waals surface area (Å²) in [5.74, 6) is 0.423. The van der Waals surface area contributed by atoms with Crippen molar-refractivity contribution in [2.45, 2.75) is 6.61 Å². The summed E-state index contributed by atoms with van der Waals surface area (Å²) >= 11 is 17.6. The van der Waals surface area contributed by atoms with Gasteiger partial charge in [-0.2, -0.15) is 0 Å². The van der Waals surface area contributed by atoms with E-state index >= 15 is 0 Å². The monoisotopic (exact) mass is 331 g/mol. The number of nitro groups is 1. The fourth-order valence-electron chi connectivity index (χ4n) is 1.53. The molecular formula is C13H8Cl3NO3. The van der Waals surface area contributed by atoms with E-state index in [-0.39, 0.29) is 17.3 Å². The fourth-order valence-corrected chi connectivity index (χ4v) is 2.23. The maximum Gasteiger partial charge on any atom is 0.288 e. The van der Waals surface area contributed by atoms with Gasteiger partial charge in [-0.15, -0.1) is 0 Å². The van der Waals surface area contributed by atoms with Crippen molar-refractivity contribution in [2.24, 2.45) is 0 Å². The first-order valence-corrected chi connectivity index (χ1v) is 6.61. The maximum atomic E-state index is 10.6. The lowest BCUT2D eigenvalue weighted by atomic mass is 10.2. The molecule has 0 aliphatic heterocycles. The molecule has 0 fully saturated rings. The van der Waals surface area contributed by atoms with Gasteiger partial charge in [0.25, 0.3) is 5.69 Å². The minimum absolute atomic E-state index is 0.0229. The Balaban J connectivity index is 2.11. The molecule has 20 heavy (non-hydrogen) atoms. The number of halogens is 3. The summed E-state index contributed by atoms with van der Waals surface area (Å²) in [6, 6.07) is 9.23. The second-order valence-corrected chi connectivity index (χ2v) is 5.15. The Morgan fingerprint density at radius 1 is 1.05 bits per heavy atom. The normalized spacial score (nSPS) is 10.3. The molecule has 0 amide bonds. The molecule has 0 saturated heterocycles. The van der Waals surface area contributed by atoms with Crippen LogP contribution in [0.1, 0.15) is 5.56 Å². The minimum atomic E-state index is -0.553. The van der Waals surface area contributed by atoms with Crippen LogP contribution < -0.4 is 4.74 Å². The first-order chi connectivity index (χ1) is 9.47. The minimum Gasteiger partial charge on any atom is -0.489 e. The van der Waals surface area contributed by atoms with Crippen LogP contribution in [-0.4, -0.2) is 4.92 Å². The zero-order chi connectivity index (χ0) is 14.7. The number of hydrogen-bond acceptors (Lipinski definition) is 3. The molecule has 0 aliphatic rings. The van der Waals surface area contributed by atoms with Gasteiger partial charge in [0.2, 0.25) is 0 Å². The second kappa shape index (κ2) is 6.31. The molecule has 2 aromatic rings. The van der Waals surface area contributed by atoms with E-state index < -0.39 is 4.92 Å². The smallest absolute Gasteiger partial charge is 0.288 e. The van der Waals surface area contributed by atoms with Crippen LogP contribution in [0.15, 0.2) is 36.4 Å². The molecule has 0 saturated carbocycles. The summed E-state index contributed by atoms with van der Waals surface area (Å²) in [4.78, 5) is 10.1. The van der Waals surface area contributed by atoms with E-state index in [0.717, 1.165) is 5.56 Å². The standard InChI is InChI=1S/C13H8Cl3NO3/c14-9-2-1-8(11(15)5-9)7-20-10-3-4-13(17(18)19)12(16)6-10/h1-6H,7H2. The summed E-state index contributed by atoms with van der Waals surface area (Å²) in [6.45, 7) is 0.212. The van der Waals surface area contributed by atoms with Crippen molar-refractivity contribution in [3.05, 3.63) is 67.1 Å². The van der Waals surface area contributed by atoms with Crippen LogP contribution in [0.2, 0.25) is 15.1 Å². The number of benzene rings is 2. The third-order valence-corrected chi connectivity index (χ3v) is 3.41. The van der Waals surface area contributed by atoms with Gasteiger partial charge in [-0.25, -0.2) is 0 Å². The molecule has 0 aromatic heterocycles. The molecule has 0 atom stereocenters. The van der Waals surface area contributed by atoms with Crippen LogP contribution in [0.5, 0.6) is 5.75 Å². The van der Waals surface area contributed by atoms with E-state index in [4.69, 9.17) is 39.5 Å². The van der Waals surface area contributed by atoms with Gasteiger partial charge in [-0.3, -0.25) is 10.1 Å². The lowest BCUT2D eigenvalue weighted by molar-refractivity contribution is -0.384. The Labute approximate surface area is 130 Å². The quantitative estimate of drug-likeness (QED) is 0.576. The molecule has 2 aromatic carbocycles. The summed E-state index contributed by atoms with van der Waals surface area (Å²) in [6.07, 6.45) is 0. The SMILES string of the molecule is O=[N+]([O-])c1ccc(OCc2ccc(Cl)cc2Cl)cc1Cl. The average molecular weight is 333 g/mol. The predicted molar refractivity (Wildman–Crippen MR) is 78.9 cm³/mol. The second-order valence-electron chi connectivity index (χ2n) is 3.89. The van der Waals surface area contributed by atoms with E-state index in [2.05, 4.69) is 0 Å². The first-order valence-electron chi connectivity index (χ1n) is 5.48. The zero-order valence-electron chi connectivity index (χ0n) is 9.98. The summed E-state index contributed by atoms with van der Waals surface area (Å²) in [5, 5.41) is 11.7. The molecule has 0 radical (unpaired) electrons. The van der Waals surface area contributed by atoms with E-state index in [0.29, 0.717) is 15.8 Å². The molecule has 7 heteroatoms. The molecule has 104 valence electrons. The van der Waals surface area contributed by atoms with E-state index in [9.17, 15) is 10.1 Å². The van der Waals surface area contributed by atoms with Gasteiger partial charge < -0.3 is 4.74 Å². The molecule has 0 bridgehead atoms. The van der Waals surface area contributed by atoms with Gasteiger partial charge in [0.15, 0.2) is 0 Å². The van der Waals surface area contributed by atoms with Gasteiger partial charge in [0, 0.05) is 27.7 Å². The Kier molecular flexibility index (Phi) is 4.70. The highest BCUT2D eigenvalue weighted by Gasteiger charge is 2.12. The van der Waals surface area contributed by atoms with Crippen molar-refractivity contribution in [2.75, 3.05) is 0 Å². The van der Waals surface area contributed by atoms with Gasteiger partial charge in [-0.05, 0) is 18.2 Å². The molecular weight excluding hydrogens is 325 g/mol. The molecule has 4 nitrogen and oxygen atoms in total. The molecule has 0 spiro atoms. The van der Waals surface area contributed by atoms with Crippen LogP contribution in [0.3, 0.4) is 0 Å². The number of hydrogen-bond donors (Lipinski definition) is 0. The van der Waals surface area contributed by atoms with Gasteiger partial charge >= 0.3 is 0 Å². The topological polar surface area (TPSA) is 52.4 Å². The highest BCUT2D eigenvalue weighted by atomic mass is 35.5. The summed E-state index contributed by atoms with van der Waals surface area (Å²) in [7, 11) is 0. The van der Waals surface area contributed by atoms with Crippen LogP contribution >= 0.6 is 34.8 Å². The van der Waals surface area contributed by atoms with Crippen LogP contribution in [0.25, 0.3) is 0 Å². The maximum absolute atomic E-state index is 10.6. The van der Waals surface area contributed by atoms with Crippen molar-refractivity contribution in [1.29, 1.82) is 0 Å². The van der Waals surface area contributed by atoms with Gasteiger partial charge in [-0.1, -0.05) is 40.9 Å². The largest absolute Gasteiger partial charge is 0.489 e. The lowest BCUT2D eigenvalue weighted by Crippen LogP contribution is -1.97. The average Bonchev–Trinajstić information content (AvgIpc) is 2.37. The summed E-state index contributed by atoms with van der Waals surface area (Å²) < 4.78 is 5.49. The van der Waals surface area contributed by atoms with Crippen molar-refractivity contribution < 1.29 is 9.66 Å².